The predicted molar refractivity (Wildman–Crippen MR) is 70.8 cm³/mol. The van der Waals surface area contributed by atoms with E-state index in [1.54, 1.807) is 0 Å². The third-order valence-electron chi connectivity index (χ3n) is 3.60. The number of rotatable bonds is 3. The smallest absolute Gasteiger partial charge is 0.129 e. The van der Waals surface area contributed by atoms with Gasteiger partial charge in [0.05, 0.1) is 6.04 Å². The van der Waals surface area contributed by atoms with Crippen LogP contribution in [0.1, 0.15) is 50.4 Å². The van der Waals surface area contributed by atoms with Gasteiger partial charge in [0.15, 0.2) is 0 Å². The largest absolute Gasteiger partial charge is 0.336 e. The van der Waals surface area contributed by atoms with Crippen LogP contribution in [0.15, 0.2) is 24.0 Å². The Morgan fingerprint density at radius 3 is 2.82 bits per heavy atom. The molecule has 1 unspecified atom stereocenters. The Morgan fingerprint density at radius 1 is 1.29 bits per heavy atom. The number of nitrogens with one attached hydrogen (secondary N) is 1. The summed E-state index contributed by atoms with van der Waals surface area (Å²) >= 11 is 0. The molecule has 1 N–H and O–H groups in total. The molecule has 0 aliphatic heterocycles. The summed E-state index contributed by atoms with van der Waals surface area (Å²) < 4.78 is 2.11. The van der Waals surface area contributed by atoms with E-state index in [-0.39, 0.29) is 6.04 Å². The molecular formula is C14H23N3. The van der Waals surface area contributed by atoms with Crippen molar-refractivity contribution in [2.24, 2.45) is 7.05 Å². The average Bonchev–Trinajstić information content (AvgIpc) is 2.69. The van der Waals surface area contributed by atoms with Crippen LogP contribution in [0.4, 0.5) is 0 Å². The molecular weight excluding hydrogens is 210 g/mol. The van der Waals surface area contributed by atoms with Gasteiger partial charge in [-0.2, -0.15) is 0 Å². The maximum absolute atomic E-state index is 4.48. The van der Waals surface area contributed by atoms with Crippen molar-refractivity contribution in [3.05, 3.63) is 29.9 Å². The summed E-state index contributed by atoms with van der Waals surface area (Å²) in [5, 5.41) is 3.41. The van der Waals surface area contributed by atoms with Gasteiger partial charge in [0, 0.05) is 19.4 Å². The maximum atomic E-state index is 4.48. The van der Waals surface area contributed by atoms with E-state index >= 15 is 0 Å². The Morgan fingerprint density at radius 2 is 2.12 bits per heavy atom. The van der Waals surface area contributed by atoms with Crippen LogP contribution in [0.3, 0.4) is 0 Å². The number of imidazole rings is 1. The highest BCUT2D eigenvalue weighted by Gasteiger charge is 2.18. The predicted octanol–water partition coefficient (Wildman–Crippen LogP) is 2.96. The van der Waals surface area contributed by atoms with Crippen LogP contribution in [0.5, 0.6) is 0 Å². The zero-order chi connectivity index (χ0) is 12.1. The molecule has 0 aromatic carbocycles. The standard InChI is InChI=1S/C14H23N3/c1-15-13(14-16-10-11-17(14)2)12-8-6-4-3-5-7-9-12/h8,10-11,13,15H,3-7,9H2,1-2H3/b12-8+. The van der Waals surface area contributed by atoms with E-state index in [2.05, 4.69) is 28.0 Å². The number of nitrogens with zero attached hydrogens (tertiary/aromatic N) is 2. The molecule has 0 amide bonds. The van der Waals surface area contributed by atoms with Crippen molar-refractivity contribution in [1.82, 2.24) is 14.9 Å². The van der Waals surface area contributed by atoms with Crippen molar-refractivity contribution in [1.29, 1.82) is 0 Å². The number of aromatic nitrogens is 2. The summed E-state index contributed by atoms with van der Waals surface area (Å²) in [5.41, 5.74) is 1.52. The molecule has 3 heteroatoms. The van der Waals surface area contributed by atoms with Gasteiger partial charge in [-0.15, -0.1) is 0 Å². The van der Waals surface area contributed by atoms with Crippen molar-refractivity contribution < 1.29 is 0 Å². The summed E-state index contributed by atoms with van der Waals surface area (Å²) in [6.07, 6.45) is 14.2. The van der Waals surface area contributed by atoms with E-state index in [1.807, 2.05) is 19.4 Å². The molecule has 0 bridgehead atoms. The minimum atomic E-state index is 0.285. The van der Waals surface area contributed by atoms with Crippen molar-refractivity contribution in [2.75, 3.05) is 7.05 Å². The third-order valence-corrected chi connectivity index (χ3v) is 3.60. The SMILES string of the molecule is CNC(/C1=C/CCCCCC1)c1nccn1C. The zero-order valence-electron chi connectivity index (χ0n) is 10.9. The molecule has 0 spiro atoms. The van der Waals surface area contributed by atoms with Gasteiger partial charge in [0.2, 0.25) is 0 Å². The van der Waals surface area contributed by atoms with E-state index in [1.165, 1.54) is 44.1 Å². The minimum Gasteiger partial charge on any atom is -0.336 e. The number of hydrogen-bond acceptors (Lipinski definition) is 2. The van der Waals surface area contributed by atoms with Gasteiger partial charge in [0.1, 0.15) is 5.82 Å². The first kappa shape index (κ1) is 12.4. The molecule has 0 fully saturated rings. The van der Waals surface area contributed by atoms with Crippen molar-refractivity contribution in [2.45, 2.75) is 44.6 Å². The van der Waals surface area contributed by atoms with Crippen LogP contribution in [0, 0.1) is 0 Å². The van der Waals surface area contributed by atoms with Crippen LogP contribution in [0.25, 0.3) is 0 Å². The fraction of sp³-hybridized carbons (Fsp3) is 0.643. The fourth-order valence-corrected chi connectivity index (χ4v) is 2.61. The van der Waals surface area contributed by atoms with E-state index in [0.29, 0.717) is 0 Å². The van der Waals surface area contributed by atoms with Crippen molar-refractivity contribution >= 4 is 0 Å². The van der Waals surface area contributed by atoms with Crippen molar-refractivity contribution in [3.63, 3.8) is 0 Å². The molecule has 3 nitrogen and oxygen atoms in total. The van der Waals surface area contributed by atoms with E-state index in [9.17, 15) is 0 Å². The summed E-state index contributed by atoms with van der Waals surface area (Å²) in [7, 11) is 4.09. The molecule has 94 valence electrons. The molecule has 0 radical (unpaired) electrons. The lowest BCUT2D eigenvalue weighted by atomic mass is 9.94. The molecule has 1 aliphatic carbocycles. The lowest BCUT2D eigenvalue weighted by molar-refractivity contribution is 0.547. The van der Waals surface area contributed by atoms with Gasteiger partial charge in [-0.1, -0.05) is 18.9 Å². The Hall–Kier alpha value is -1.09. The third kappa shape index (κ3) is 2.97. The van der Waals surface area contributed by atoms with Crippen LogP contribution < -0.4 is 5.32 Å². The zero-order valence-corrected chi connectivity index (χ0v) is 10.9. The average molecular weight is 233 g/mol. The quantitative estimate of drug-likeness (QED) is 0.813. The summed E-state index contributed by atoms with van der Waals surface area (Å²) in [6.45, 7) is 0. The number of likely N-dealkylation sites (N-methyl/N-ethyl adjacent to an activating group) is 1. The second kappa shape index (κ2) is 6.01. The van der Waals surface area contributed by atoms with Crippen molar-refractivity contribution in [3.8, 4) is 0 Å². The topological polar surface area (TPSA) is 29.9 Å². The fourth-order valence-electron chi connectivity index (χ4n) is 2.61. The van der Waals surface area contributed by atoms with Gasteiger partial charge >= 0.3 is 0 Å². The van der Waals surface area contributed by atoms with Crippen LogP contribution in [0.2, 0.25) is 0 Å². The first-order chi connectivity index (χ1) is 8.33. The Labute approximate surface area is 104 Å². The maximum Gasteiger partial charge on any atom is 0.129 e. The highest BCUT2D eigenvalue weighted by atomic mass is 15.1. The van der Waals surface area contributed by atoms with Crippen LogP contribution in [-0.2, 0) is 7.05 Å². The monoisotopic (exact) mass is 233 g/mol. The first-order valence-corrected chi connectivity index (χ1v) is 6.66. The molecule has 1 aromatic rings. The highest BCUT2D eigenvalue weighted by Crippen LogP contribution is 2.27. The van der Waals surface area contributed by atoms with Crippen LogP contribution >= 0.6 is 0 Å². The summed E-state index contributed by atoms with van der Waals surface area (Å²) in [6, 6.07) is 0.285. The minimum absolute atomic E-state index is 0.285. The summed E-state index contributed by atoms with van der Waals surface area (Å²) in [4.78, 5) is 4.48. The number of allylic oxidation sites excluding steroid dienone is 1. The number of hydrogen-bond donors (Lipinski definition) is 1. The normalized spacial score (nSPS) is 22.4. The molecule has 0 saturated heterocycles. The van der Waals surface area contributed by atoms with E-state index in [4.69, 9.17) is 0 Å². The van der Waals surface area contributed by atoms with Gasteiger partial charge in [-0.25, -0.2) is 4.98 Å². The van der Waals surface area contributed by atoms with Gasteiger partial charge in [-0.3, -0.25) is 0 Å². The van der Waals surface area contributed by atoms with E-state index < -0.39 is 0 Å². The molecule has 1 heterocycles. The Balaban J connectivity index is 2.19. The van der Waals surface area contributed by atoms with Crippen LogP contribution in [-0.4, -0.2) is 16.6 Å². The summed E-state index contributed by atoms with van der Waals surface area (Å²) in [5.74, 6) is 1.12. The Kier molecular flexibility index (Phi) is 4.37. The molecule has 1 aliphatic rings. The lowest BCUT2D eigenvalue weighted by Gasteiger charge is -2.21. The molecule has 0 saturated carbocycles. The molecule has 1 aromatic heterocycles. The van der Waals surface area contributed by atoms with Gasteiger partial charge < -0.3 is 9.88 Å². The molecule has 1 atom stereocenters. The van der Waals surface area contributed by atoms with Gasteiger partial charge in [0.25, 0.3) is 0 Å². The molecule has 17 heavy (non-hydrogen) atoms. The highest BCUT2D eigenvalue weighted by molar-refractivity contribution is 5.19. The Bertz CT molecular complexity index is 379. The molecule has 2 rings (SSSR count). The second-order valence-electron chi connectivity index (χ2n) is 4.85. The number of aryl methyl sites for hydroxylation is 1. The lowest BCUT2D eigenvalue weighted by Crippen LogP contribution is -2.22. The second-order valence-corrected chi connectivity index (χ2v) is 4.85. The van der Waals surface area contributed by atoms with E-state index in [0.717, 1.165) is 5.82 Å². The first-order valence-electron chi connectivity index (χ1n) is 6.66. The van der Waals surface area contributed by atoms with Gasteiger partial charge in [-0.05, 0) is 38.3 Å².